The average molecular weight is 1090 g/mol. The number of halogens is 2. The summed E-state index contributed by atoms with van der Waals surface area (Å²) in [4.78, 5) is 69.6. The molecule has 0 aliphatic rings. The fourth-order valence-electron chi connectivity index (χ4n) is 6.45. The Morgan fingerprint density at radius 2 is 0.637 bits per heavy atom. The monoisotopic (exact) mass is 1090 g/mol. The van der Waals surface area contributed by atoms with Gasteiger partial charge in [0.2, 0.25) is 0 Å². The number of benzene rings is 6. The van der Waals surface area contributed by atoms with Crippen molar-refractivity contribution in [3.8, 4) is 67.9 Å². The predicted molar refractivity (Wildman–Crippen MR) is 300 cm³/mol. The lowest BCUT2D eigenvalue weighted by atomic mass is 9.99. The van der Waals surface area contributed by atoms with Crippen LogP contribution in [0.3, 0.4) is 0 Å². The maximum absolute atomic E-state index is 14.7. The summed E-state index contributed by atoms with van der Waals surface area (Å²) in [6, 6.07) is 32.1. The summed E-state index contributed by atoms with van der Waals surface area (Å²) in [6.07, 6.45) is 0. The van der Waals surface area contributed by atoms with Gasteiger partial charge in [0.25, 0.3) is 0 Å². The molecule has 0 saturated heterocycles. The van der Waals surface area contributed by atoms with Gasteiger partial charge in [-0.1, -0.05) is 75.9 Å². The molecule has 14 nitrogen and oxygen atoms in total. The molecule has 0 atom stereocenters. The van der Waals surface area contributed by atoms with Crippen molar-refractivity contribution in [3.05, 3.63) is 217 Å². The highest BCUT2D eigenvalue weighted by molar-refractivity contribution is 5.92. The van der Waals surface area contributed by atoms with Crippen LogP contribution in [0.25, 0.3) is 33.4 Å². The molecule has 0 aliphatic heterocycles. The third kappa shape index (κ3) is 18.8. The SMILES string of the molecule is C=C(C)C(=O)Oc1ccc(-c2ccc(OC(=O)C(=C)C)c(COC)c2)c(F)c1.C=C(C)C(=O)Oc1ccc(-c2ccc(OC(=O)C(=C)C)cc2)cc1.C=C(C)C(=O)Oc1ccc(-c2ccc(OC(=O)C(=C)C)cc2COC)c(F)c1. The molecule has 6 aromatic rings. The standard InChI is InChI=1S/2C22H21FO5.C20H18O4/c1-13(2)21(24)27-17-7-8-18(19(23)11-17)15-6-9-20(16(10-15)12-26-5)28-22(25)14(3)4;1-13(2)21(24)27-16-6-8-18(15(10-16)12-26-5)19-9-7-17(11-20(19)23)28-22(25)14(3)4;1-13(2)19(21)23-17-9-5-15(6-10-17)16-7-11-18(12-8-16)24-20(22)14(3)4/h2*6-11H,1,3,12H2,2,4-5H3;5-12H,1,3H2,2,4H3. The first-order chi connectivity index (χ1) is 37.8. The van der Waals surface area contributed by atoms with E-state index in [0.29, 0.717) is 67.5 Å². The number of hydrogen-bond donors (Lipinski definition) is 0. The highest BCUT2D eigenvalue weighted by Gasteiger charge is 2.18. The molecule has 6 rings (SSSR count). The second kappa shape index (κ2) is 29.8. The lowest BCUT2D eigenvalue weighted by Crippen LogP contribution is -2.10. The highest BCUT2D eigenvalue weighted by atomic mass is 19.1. The second-order valence-electron chi connectivity index (χ2n) is 17.9. The molecule has 16 heteroatoms. The smallest absolute Gasteiger partial charge is 0.338 e. The molecule has 0 spiro atoms. The molecule has 0 unspecified atom stereocenters. The zero-order valence-corrected chi connectivity index (χ0v) is 45.7. The van der Waals surface area contributed by atoms with E-state index in [1.165, 1.54) is 52.3 Å². The summed E-state index contributed by atoms with van der Waals surface area (Å²) < 4.78 is 70.4. The van der Waals surface area contributed by atoms with Crippen molar-refractivity contribution in [3.63, 3.8) is 0 Å². The van der Waals surface area contributed by atoms with Gasteiger partial charge in [-0.25, -0.2) is 37.5 Å². The zero-order chi connectivity index (χ0) is 59.4. The van der Waals surface area contributed by atoms with E-state index in [2.05, 4.69) is 39.5 Å². The van der Waals surface area contributed by atoms with Gasteiger partial charge in [0.05, 0.1) is 13.2 Å². The van der Waals surface area contributed by atoms with E-state index in [4.69, 9.17) is 37.9 Å². The predicted octanol–water partition coefficient (Wildman–Crippen LogP) is 13.5. The van der Waals surface area contributed by atoms with Crippen molar-refractivity contribution in [1.29, 1.82) is 0 Å². The number of methoxy groups -OCH3 is 2. The Morgan fingerprint density at radius 3 is 1.00 bits per heavy atom. The van der Waals surface area contributed by atoms with Crippen LogP contribution >= 0.6 is 0 Å². The fourth-order valence-corrected chi connectivity index (χ4v) is 6.45. The molecule has 0 heterocycles. The maximum atomic E-state index is 14.7. The molecular formula is C64H60F2O14. The fraction of sp³-hybridized carbons (Fsp3) is 0.156. The quantitative estimate of drug-likeness (QED) is 0.0425. The Morgan fingerprint density at radius 1 is 0.338 bits per heavy atom. The van der Waals surface area contributed by atoms with Crippen LogP contribution in [-0.2, 0) is 51.5 Å². The number of esters is 6. The first-order valence-corrected chi connectivity index (χ1v) is 24.1. The summed E-state index contributed by atoms with van der Waals surface area (Å²) >= 11 is 0. The summed E-state index contributed by atoms with van der Waals surface area (Å²) in [5.74, 6) is -2.72. The molecule has 414 valence electrons. The zero-order valence-electron chi connectivity index (χ0n) is 45.7. The molecule has 0 N–H and O–H groups in total. The Labute approximate surface area is 463 Å². The average Bonchev–Trinajstić information content (AvgIpc) is 3.43. The minimum Gasteiger partial charge on any atom is -0.423 e. The van der Waals surface area contributed by atoms with Crippen molar-refractivity contribution < 1.29 is 75.4 Å². The van der Waals surface area contributed by atoms with Gasteiger partial charge in [-0.2, -0.15) is 0 Å². The van der Waals surface area contributed by atoms with Gasteiger partial charge in [-0.05, 0) is 142 Å². The number of rotatable bonds is 19. The van der Waals surface area contributed by atoms with E-state index >= 15 is 0 Å². The Hall–Kier alpha value is -9.64. The normalized spacial score (nSPS) is 10.2. The first-order valence-electron chi connectivity index (χ1n) is 24.1. The lowest BCUT2D eigenvalue weighted by Gasteiger charge is -2.13. The molecule has 0 amide bonds. The topological polar surface area (TPSA) is 176 Å². The third-order valence-electron chi connectivity index (χ3n) is 10.6. The first kappa shape index (κ1) is 62.9. The number of carbonyl (C=O) groups is 6. The van der Waals surface area contributed by atoms with Crippen LogP contribution in [-0.4, -0.2) is 50.0 Å². The van der Waals surface area contributed by atoms with Crippen molar-refractivity contribution >= 4 is 35.8 Å². The van der Waals surface area contributed by atoms with Gasteiger partial charge in [-0.15, -0.1) is 0 Å². The minimum absolute atomic E-state index is 0.0783. The molecule has 0 saturated carbocycles. The van der Waals surface area contributed by atoms with Gasteiger partial charge in [-0.3, -0.25) is 0 Å². The van der Waals surface area contributed by atoms with Crippen LogP contribution in [0.4, 0.5) is 8.78 Å². The molecule has 0 radical (unpaired) electrons. The van der Waals surface area contributed by atoms with Crippen LogP contribution in [0, 0.1) is 11.6 Å². The van der Waals surface area contributed by atoms with Crippen LogP contribution in [0.5, 0.6) is 34.5 Å². The van der Waals surface area contributed by atoms with E-state index in [-0.39, 0.29) is 47.0 Å². The number of hydrogen-bond acceptors (Lipinski definition) is 14. The van der Waals surface area contributed by atoms with Crippen LogP contribution in [0.1, 0.15) is 52.7 Å². The molecule has 6 aromatic carbocycles. The van der Waals surface area contributed by atoms with Crippen molar-refractivity contribution in [1.82, 2.24) is 0 Å². The summed E-state index contributed by atoms with van der Waals surface area (Å²) in [7, 11) is 3.01. The molecule has 0 bridgehead atoms. The molecule has 0 aliphatic carbocycles. The summed E-state index contributed by atoms with van der Waals surface area (Å²) in [5.41, 5.74) is 6.45. The molecule has 0 fully saturated rings. The van der Waals surface area contributed by atoms with Gasteiger partial charge < -0.3 is 37.9 Å². The minimum atomic E-state index is -0.629. The number of ether oxygens (including phenoxy) is 8. The van der Waals surface area contributed by atoms with Crippen molar-refractivity contribution in [2.75, 3.05) is 14.2 Å². The molecular weight excluding hydrogens is 1030 g/mol. The van der Waals surface area contributed by atoms with E-state index in [9.17, 15) is 37.5 Å². The largest absolute Gasteiger partial charge is 0.423 e. The number of carbonyl (C=O) groups excluding carboxylic acids is 6. The highest BCUT2D eigenvalue weighted by Crippen LogP contribution is 2.34. The van der Waals surface area contributed by atoms with Gasteiger partial charge in [0, 0.05) is 76.5 Å². The lowest BCUT2D eigenvalue weighted by molar-refractivity contribution is -0.131. The van der Waals surface area contributed by atoms with Gasteiger partial charge in [0.15, 0.2) is 0 Å². The maximum Gasteiger partial charge on any atom is 0.338 e. The Bertz CT molecular complexity index is 3320. The van der Waals surface area contributed by atoms with Gasteiger partial charge >= 0.3 is 35.8 Å². The van der Waals surface area contributed by atoms with Crippen LogP contribution in [0.15, 0.2) is 194 Å². The Balaban J connectivity index is 0.000000259. The molecule has 80 heavy (non-hydrogen) atoms. The van der Waals surface area contributed by atoms with E-state index in [1.54, 1.807) is 88.4 Å². The van der Waals surface area contributed by atoms with Crippen LogP contribution < -0.4 is 28.4 Å². The van der Waals surface area contributed by atoms with Crippen LogP contribution in [0.2, 0.25) is 0 Å². The molecule has 0 aromatic heterocycles. The van der Waals surface area contributed by atoms with E-state index in [1.807, 2.05) is 24.3 Å². The van der Waals surface area contributed by atoms with Gasteiger partial charge in [0.1, 0.15) is 46.1 Å². The van der Waals surface area contributed by atoms with Crippen molar-refractivity contribution in [2.45, 2.75) is 54.8 Å². The third-order valence-corrected chi connectivity index (χ3v) is 10.6. The van der Waals surface area contributed by atoms with E-state index < -0.39 is 47.5 Å². The summed E-state index contributed by atoms with van der Waals surface area (Å²) in [5, 5.41) is 0. The second-order valence-corrected chi connectivity index (χ2v) is 17.9. The van der Waals surface area contributed by atoms with E-state index in [0.717, 1.165) is 23.3 Å². The Kier molecular flexibility index (Phi) is 23.4. The summed E-state index contributed by atoms with van der Waals surface area (Å²) in [6.45, 7) is 30.8. The van der Waals surface area contributed by atoms with Crippen molar-refractivity contribution in [2.24, 2.45) is 0 Å².